The van der Waals surface area contributed by atoms with Crippen LogP contribution in [0.1, 0.15) is 52.6 Å². The molecule has 0 spiro atoms. The standard InChI is InChI=1S/C20H20O4.C6H7N/c1-20(2,3)24-19(22)13-6-8-17-15(10-13)11-14-9-12(18(21)23-4)5-7-16(14)17;1-2-4-6-7-5-3-1/h5-10H,11H2,1-4H3;1-7H. The van der Waals surface area contributed by atoms with Gasteiger partial charge in [0, 0.05) is 12.4 Å². The fourth-order valence-electron chi connectivity index (χ4n) is 3.33. The number of allylic oxidation sites excluding steroid dienone is 4. The lowest BCUT2D eigenvalue weighted by Gasteiger charge is -2.19. The molecule has 0 bridgehead atoms. The maximum Gasteiger partial charge on any atom is 0.338 e. The molecule has 4 rings (SSSR count). The highest BCUT2D eigenvalue weighted by atomic mass is 16.6. The Morgan fingerprint density at radius 2 is 1.32 bits per heavy atom. The van der Waals surface area contributed by atoms with Crippen LogP contribution in [-0.2, 0) is 15.9 Å². The van der Waals surface area contributed by atoms with Crippen molar-refractivity contribution in [2.75, 3.05) is 7.11 Å². The van der Waals surface area contributed by atoms with E-state index in [9.17, 15) is 9.59 Å². The normalized spacial score (nSPS) is 13.2. The van der Waals surface area contributed by atoms with Gasteiger partial charge in [0.1, 0.15) is 5.60 Å². The van der Waals surface area contributed by atoms with Gasteiger partial charge in [-0.3, -0.25) is 0 Å². The summed E-state index contributed by atoms with van der Waals surface area (Å²) in [6.07, 6.45) is 12.3. The van der Waals surface area contributed by atoms with Crippen LogP contribution in [0.15, 0.2) is 73.1 Å². The highest BCUT2D eigenvalue weighted by molar-refractivity contribution is 5.93. The van der Waals surface area contributed by atoms with Crippen LogP contribution in [0.5, 0.6) is 0 Å². The summed E-state index contributed by atoms with van der Waals surface area (Å²) >= 11 is 0. The van der Waals surface area contributed by atoms with E-state index < -0.39 is 5.60 Å². The van der Waals surface area contributed by atoms with E-state index >= 15 is 0 Å². The summed E-state index contributed by atoms with van der Waals surface area (Å²) in [5.41, 5.74) is 4.88. The second-order valence-corrected chi connectivity index (χ2v) is 8.18. The first kappa shape index (κ1) is 22.1. The van der Waals surface area contributed by atoms with E-state index in [2.05, 4.69) is 5.32 Å². The van der Waals surface area contributed by atoms with Crippen molar-refractivity contribution in [2.45, 2.75) is 32.8 Å². The second kappa shape index (κ2) is 9.47. The van der Waals surface area contributed by atoms with Gasteiger partial charge in [-0.15, -0.1) is 0 Å². The fourth-order valence-corrected chi connectivity index (χ4v) is 3.33. The molecule has 0 saturated heterocycles. The first-order valence-electron chi connectivity index (χ1n) is 10.1. The van der Waals surface area contributed by atoms with Crippen LogP contribution in [0.2, 0.25) is 0 Å². The zero-order chi connectivity index (χ0) is 22.4. The number of ether oxygens (including phenoxy) is 2. The third kappa shape index (κ3) is 5.72. The molecule has 0 unspecified atom stereocenters. The Balaban J connectivity index is 0.000000330. The number of benzene rings is 2. The SMILES string of the molecule is C1=CC=CNC=C1.COC(=O)c1ccc2c(c1)Cc1cc(C(=O)OC(C)(C)C)ccc1-2. The molecule has 1 aliphatic heterocycles. The van der Waals surface area contributed by atoms with Crippen LogP contribution >= 0.6 is 0 Å². The van der Waals surface area contributed by atoms with Crippen molar-refractivity contribution >= 4 is 11.9 Å². The number of carbonyl (C=O) groups excluding carboxylic acids is 2. The Morgan fingerprint density at radius 3 is 1.81 bits per heavy atom. The Labute approximate surface area is 183 Å². The monoisotopic (exact) mass is 417 g/mol. The summed E-state index contributed by atoms with van der Waals surface area (Å²) in [5.74, 6) is -0.667. The largest absolute Gasteiger partial charge is 0.465 e. The predicted octanol–water partition coefficient (Wildman–Crippen LogP) is 5.17. The lowest BCUT2D eigenvalue weighted by molar-refractivity contribution is 0.00692. The van der Waals surface area contributed by atoms with E-state index in [-0.39, 0.29) is 11.9 Å². The molecule has 0 fully saturated rings. The van der Waals surface area contributed by atoms with Crippen LogP contribution in [0.4, 0.5) is 0 Å². The van der Waals surface area contributed by atoms with Crippen LogP contribution in [0.25, 0.3) is 11.1 Å². The minimum atomic E-state index is -0.519. The number of fused-ring (bicyclic) bond motifs is 3. The second-order valence-electron chi connectivity index (χ2n) is 8.18. The van der Waals surface area contributed by atoms with Gasteiger partial charge in [-0.2, -0.15) is 0 Å². The summed E-state index contributed by atoms with van der Waals surface area (Å²) in [4.78, 5) is 23.9. The maximum absolute atomic E-state index is 12.2. The van der Waals surface area contributed by atoms with Crippen molar-refractivity contribution < 1.29 is 19.1 Å². The van der Waals surface area contributed by atoms with Gasteiger partial charge in [-0.1, -0.05) is 24.3 Å². The molecule has 5 nitrogen and oxygen atoms in total. The Morgan fingerprint density at radius 1 is 0.806 bits per heavy atom. The Bertz CT molecular complexity index is 1060. The van der Waals surface area contributed by atoms with Gasteiger partial charge in [0.25, 0.3) is 0 Å². The first-order valence-corrected chi connectivity index (χ1v) is 10.1. The third-order valence-electron chi connectivity index (χ3n) is 4.66. The molecule has 5 heteroatoms. The number of methoxy groups -OCH3 is 1. The molecular weight excluding hydrogens is 390 g/mol. The summed E-state index contributed by atoms with van der Waals surface area (Å²) in [6.45, 7) is 5.55. The smallest absolute Gasteiger partial charge is 0.338 e. The number of esters is 2. The van der Waals surface area contributed by atoms with E-state index in [1.54, 1.807) is 12.1 Å². The summed E-state index contributed by atoms with van der Waals surface area (Å²) in [5, 5.41) is 2.92. The van der Waals surface area contributed by atoms with Gasteiger partial charge in [0.05, 0.1) is 18.2 Å². The highest BCUT2D eigenvalue weighted by Gasteiger charge is 2.23. The van der Waals surface area contributed by atoms with Crippen molar-refractivity contribution in [3.8, 4) is 11.1 Å². The van der Waals surface area contributed by atoms with E-state index in [0.717, 1.165) is 22.3 Å². The zero-order valence-electron chi connectivity index (χ0n) is 18.3. The summed E-state index contributed by atoms with van der Waals surface area (Å²) < 4.78 is 10.2. The molecule has 2 aromatic carbocycles. The summed E-state index contributed by atoms with van der Waals surface area (Å²) in [7, 11) is 1.37. The molecular formula is C26H27NO4. The molecule has 1 aliphatic carbocycles. The number of nitrogens with one attached hydrogen (secondary N) is 1. The molecule has 0 atom stereocenters. The lowest BCUT2D eigenvalue weighted by Crippen LogP contribution is -2.23. The Kier molecular flexibility index (Phi) is 6.75. The summed E-state index contributed by atoms with van der Waals surface area (Å²) in [6, 6.07) is 11.2. The van der Waals surface area contributed by atoms with Gasteiger partial charge < -0.3 is 14.8 Å². The molecule has 1 N–H and O–H groups in total. The van der Waals surface area contributed by atoms with E-state index in [0.29, 0.717) is 17.5 Å². The number of rotatable bonds is 2. The van der Waals surface area contributed by atoms with Gasteiger partial charge in [-0.05, 0) is 85.9 Å². The molecule has 31 heavy (non-hydrogen) atoms. The third-order valence-corrected chi connectivity index (χ3v) is 4.66. The molecule has 0 amide bonds. The van der Waals surface area contributed by atoms with Gasteiger partial charge in [-0.25, -0.2) is 9.59 Å². The van der Waals surface area contributed by atoms with Crippen LogP contribution in [0.3, 0.4) is 0 Å². The fraction of sp³-hybridized carbons (Fsp3) is 0.231. The van der Waals surface area contributed by atoms with Gasteiger partial charge in [0.15, 0.2) is 0 Å². The average molecular weight is 418 g/mol. The van der Waals surface area contributed by atoms with E-state index in [1.165, 1.54) is 7.11 Å². The zero-order valence-corrected chi connectivity index (χ0v) is 18.3. The number of carbonyl (C=O) groups is 2. The quantitative estimate of drug-likeness (QED) is 0.583. The van der Waals surface area contributed by atoms with Crippen molar-refractivity contribution in [3.05, 3.63) is 95.4 Å². The molecule has 2 aromatic rings. The predicted molar refractivity (Wildman–Crippen MR) is 122 cm³/mol. The minimum absolute atomic E-state index is 0.323. The van der Waals surface area contributed by atoms with Crippen LogP contribution < -0.4 is 5.32 Å². The maximum atomic E-state index is 12.2. The molecule has 2 aliphatic rings. The van der Waals surface area contributed by atoms with E-state index in [1.807, 2.05) is 81.7 Å². The number of hydrogen-bond donors (Lipinski definition) is 1. The van der Waals surface area contributed by atoms with Crippen LogP contribution in [-0.4, -0.2) is 24.6 Å². The molecule has 1 heterocycles. The molecule has 0 saturated carbocycles. The first-order chi connectivity index (χ1) is 14.8. The van der Waals surface area contributed by atoms with Crippen molar-refractivity contribution in [1.82, 2.24) is 5.32 Å². The van der Waals surface area contributed by atoms with Crippen LogP contribution in [0, 0.1) is 0 Å². The van der Waals surface area contributed by atoms with Gasteiger partial charge in [0.2, 0.25) is 0 Å². The molecule has 0 aromatic heterocycles. The van der Waals surface area contributed by atoms with Crippen molar-refractivity contribution in [3.63, 3.8) is 0 Å². The van der Waals surface area contributed by atoms with E-state index in [4.69, 9.17) is 9.47 Å². The highest BCUT2D eigenvalue weighted by Crippen LogP contribution is 2.37. The minimum Gasteiger partial charge on any atom is -0.465 e. The topological polar surface area (TPSA) is 64.6 Å². The van der Waals surface area contributed by atoms with Crippen molar-refractivity contribution in [1.29, 1.82) is 0 Å². The van der Waals surface area contributed by atoms with Gasteiger partial charge >= 0.3 is 11.9 Å². The lowest BCUT2D eigenvalue weighted by atomic mass is 10.0. The Hall–Kier alpha value is -3.60. The van der Waals surface area contributed by atoms with Crippen molar-refractivity contribution in [2.24, 2.45) is 0 Å². The average Bonchev–Trinajstić information content (AvgIpc) is 2.89. The number of hydrogen-bond acceptors (Lipinski definition) is 5. The molecule has 0 radical (unpaired) electrons. The molecule has 160 valence electrons.